The lowest BCUT2D eigenvalue weighted by Crippen LogP contribution is -2.18. The Labute approximate surface area is 104 Å². The van der Waals surface area contributed by atoms with Crippen molar-refractivity contribution in [3.63, 3.8) is 0 Å². The Bertz CT molecular complexity index is 314. The summed E-state index contributed by atoms with van der Waals surface area (Å²) in [6.45, 7) is 2.07. The highest BCUT2D eigenvalue weighted by molar-refractivity contribution is 8.76. The standard InChI is InChI=1S/C12H16O2S2/c1-2-15-16-9-11(12(13)14)8-10-6-4-3-5-7-10/h3-7,11H,2,8-9H2,1H3,(H,13,14). The zero-order chi connectivity index (χ0) is 11.8. The van der Waals surface area contributed by atoms with E-state index in [-0.39, 0.29) is 5.92 Å². The van der Waals surface area contributed by atoms with Crippen LogP contribution in [0.1, 0.15) is 12.5 Å². The highest BCUT2D eigenvalue weighted by Crippen LogP contribution is 2.25. The number of carboxylic acids is 1. The molecule has 0 bridgehead atoms. The third-order valence-corrected chi connectivity index (χ3v) is 4.70. The summed E-state index contributed by atoms with van der Waals surface area (Å²) >= 11 is 0. The highest BCUT2D eigenvalue weighted by Gasteiger charge is 2.17. The van der Waals surface area contributed by atoms with Gasteiger partial charge in [-0.05, 0) is 12.0 Å². The lowest BCUT2D eigenvalue weighted by atomic mass is 10.0. The first-order valence-corrected chi connectivity index (χ1v) is 7.74. The van der Waals surface area contributed by atoms with Crippen LogP contribution in [0.3, 0.4) is 0 Å². The van der Waals surface area contributed by atoms with Gasteiger partial charge in [0.05, 0.1) is 5.92 Å². The molecule has 0 aliphatic rings. The largest absolute Gasteiger partial charge is 0.481 e. The summed E-state index contributed by atoms with van der Waals surface area (Å²) in [6, 6.07) is 9.80. The van der Waals surface area contributed by atoms with Gasteiger partial charge < -0.3 is 5.11 Å². The normalized spacial score (nSPS) is 12.3. The minimum absolute atomic E-state index is 0.286. The smallest absolute Gasteiger partial charge is 0.307 e. The van der Waals surface area contributed by atoms with Crippen molar-refractivity contribution in [3.8, 4) is 0 Å². The molecule has 1 unspecified atom stereocenters. The molecule has 88 valence electrons. The average molecular weight is 256 g/mol. The molecule has 0 aliphatic carbocycles. The Hall–Kier alpha value is -0.610. The van der Waals surface area contributed by atoms with Gasteiger partial charge >= 0.3 is 5.97 Å². The summed E-state index contributed by atoms with van der Waals surface area (Å²) < 4.78 is 0. The molecule has 1 atom stereocenters. The molecule has 1 rings (SSSR count). The van der Waals surface area contributed by atoms with Crippen molar-refractivity contribution in [2.45, 2.75) is 13.3 Å². The van der Waals surface area contributed by atoms with Crippen molar-refractivity contribution < 1.29 is 9.90 Å². The van der Waals surface area contributed by atoms with Crippen LogP contribution in [0.15, 0.2) is 30.3 Å². The van der Waals surface area contributed by atoms with E-state index < -0.39 is 5.97 Å². The lowest BCUT2D eigenvalue weighted by Gasteiger charge is -2.11. The second-order valence-electron chi connectivity index (χ2n) is 3.42. The maximum atomic E-state index is 11.1. The first kappa shape index (κ1) is 13.5. The van der Waals surface area contributed by atoms with Gasteiger partial charge in [0.1, 0.15) is 0 Å². The minimum atomic E-state index is -0.701. The number of hydrogen-bond donors (Lipinski definition) is 1. The van der Waals surface area contributed by atoms with Gasteiger partial charge in [0.25, 0.3) is 0 Å². The van der Waals surface area contributed by atoms with Gasteiger partial charge in [0.15, 0.2) is 0 Å². The Kier molecular flexibility index (Phi) is 6.42. The van der Waals surface area contributed by atoms with Crippen molar-refractivity contribution in [2.75, 3.05) is 11.5 Å². The SMILES string of the molecule is CCSSCC(Cc1ccccc1)C(=O)O. The van der Waals surface area contributed by atoms with E-state index in [1.807, 2.05) is 30.3 Å². The number of hydrogen-bond acceptors (Lipinski definition) is 3. The molecule has 16 heavy (non-hydrogen) atoms. The summed E-state index contributed by atoms with van der Waals surface area (Å²) in [5.41, 5.74) is 1.09. The molecule has 0 aromatic heterocycles. The predicted molar refractivity (Wildman–Crippen MR) is 71.9 cm³/mol. The van der Waals surface area contributed by atoms with Crippen molar-refractivity contribution in [3.05, 3.63) is 35.9 Å². The fourth-order valence-corrected chi connectivity index (χ4v) is 3.30. The number of carboxylic acid groups (broad SMARTS) is 1. The second-order valence-corrected chi connectivity index (χ2v) is 6.21. The molecule has 2 nitrogen and oxygen atoms in total. The molecule has 1 N–H and O–H groups in total. The van der Waals surface area contributed by atoms with E-state index in [4.69, 9.17) is 5.11 Å². The molecule has 0 saturated carbocycles. The summed E-state index contributed by atoms with van der Waals surface area (Å²) in [5, 5.41) is 9.11. The lowest BCUT2D eigenvalue weighted by molar-refractivity contribution is -0.140. The summed E-state index contributed by atoms with van der Waals surface area (Å²) in [4.78, 5) is 11.1. The van der Waals surface area contributed by atoms with Crippen LogP contribution in [0, 0.1) is 5.92 Å². The number of rotatable bonds is 7. The minimum Gasteiger partial charge on any atom is -0.481 e. The summed E-state index contributed by atoms with van der Waals surface area (Å²) in [7, 11) is 3.36. The van der Waals surface area contributed by atoms with Gasteiger partial charge in [0, 0.05) is 11.5 Å². The van der Waals surface area contributed by atoms with E-state index in [1.54, 1.807) is 21.6 Å². The molecule has 0 radical (unpaired) electrons. The molecule has 4 heteroatoms. The van der Waals surface area contributed by atoms with Gasteiger partial charge in [-0.25, -0.2) is 0 Å². The van der Waals surface area contributed by atoms with Gasteiger partial charge in [-0.1, -0.05) is 58.8 Å². The van der Waals surface area contributed by atoms with Crippen molar-refractivity contribution >= 4 is 27.6 Å². The van der Waals surface area contributed by atoms with Gasteiger partial charge in [-0.2, -0.15) is 0 Å². The summed E-state index contributed by atoms with van der Waals surface area (Å²) in [5.74, 6) is 0.699. The fourth-order valence-electron chi connectivity index (χ4n) is 1.33. The van der Waals surface area contributed by atoms with Crippen LogP contribution in [0.25, 0.3) is 0 Å². The Balaban J connectivity index is 2.48. The third-order valence-electron chi connectivity index (χ3n) is 2.14. The molecule has 0 amide bonds. The maximum Gasteiger partial charge on any atom is 0.307 e. The molecule has 0 aliphatic heterocycles. The summed E-state index contributed by atoms with van der Waals surface area (Å²) in [6.07, 6.45) is 0.618. The van der Waals surface area contributed by atoms with Gasteiger partial charge in [0.2, 0.25) is 0 Å². The van der Waals surface area contributed by atoms with Crippen LogP contribution in [0.2, 0.25) is 0 Å². The first-order valence-electron chi connectivity index (χ1n) is 5.25. The van der Waals surface area contributed by atoms with E-state index in [0.717, 1.165) is 11.3 Å². The van der Waals surface area contributed by atoms with Crippen LogP contribution < -0.4 is 0 Å². The van der Waals surface area contributed by atoms with E-state index in [9.17, 15) is 4.79 Å². The Morgan fingerprint density at radius 2 is 2.00 bits per heavy atom. The number of aliphatic carboxylic acids is 1. The number of carbonyl (C=O) groups is 1. The zero-order valence-electron chi connectivity index (χ0n) is 9.26. The van der Waals surface area contributed by atoms with E-state index in [1.165, 1.54) is 0 Å². The molecule has 1 aromatic carbocycles. The topological polar surface area (TPSA) is 37.3 Å². The second kappa shape index (κ2) is 7.63. The highest BCUT2D eigenvalue weighted by atomic mass is 33.1. The van der Waals surface area contributed by atoms with Crippen molar-refractivity contribution in [2.24, 2.45) is 5.92 Å². The molecular formula is C12H16O2S2. The van der Waals surface area contributed by atoms with E-state index in [0.29, 0.717) is 12.2 Å². The van der Waals surface area contributed by atoms with Crippen LogP contribution in [-0.4, -0.2) is 22.6 Å². The van der Waals surface area contributed by atoms with E-state index in [2.05, 4.69) is 6.92 Å². The van der Waals surface area contributed by atoms with Crippen LogP contribution in [0.4, 0.5) is 0 Å². The third kappa shape index (κ3) is 4.94. The maximum absolute atomic E-state index is 11.1. The monoisotopic (exact) mass is 256 g/mol. The Morgan fingerprint density at radius 1 is 1.31 bits per heavy atom. The van der Waals surface area contributed by atoms with Crippen molar-refractivity contribution in [1.82, 2.24) is 0 Å². The predicted octanol–water partition coefficient (Wildman–Crippen LogP) is 3.33. The molecule has 0 heterocycles. The van der Waals surface area contributed by atoms with Crippen LogP contribution >= 0.6 is 21.6 Å². The van der Waals surface area contributed by atoms with Gasteiger partial charge in [-0.15, -0.1) is 0 Å². The van der Waals surface area contributed by atoms with Crippen molar-refractivity contribution in [1.29, 1.82) is 0 Å². The van der Waals surface area contributed by atoms with Crippen LogP contribution in [0.5, 0.6) is 0 Å². The zero-order valence-corrected chi connectivity index (χ0v) is 10.9. The number of benzene rings is 1. The van der Waals surface area contributed by atoms with Crippen LogP contribution in [-0.2, 0) is 11.2 Å². The molecule has 0 saturated heterocycles. The quantitative estimate of drug-likeness (QED) is 0.600. The fraction of sp³-hybridized carbons (Fsp3) is 0.417. The first-order chi connectivity index (χ1) is 7.74. The Morgan fingerprint density at radius 3 is 2.56 bits per heavy atom. The van der Waals surface area contributed by atoms with E-state index >= 15 is 0 Å². The molecule has 0 spiro atoms. The average Bonchev–Trinajstić information content (AvgIpc) is 2.29. The molecular weight excluding hydrogens is 240 g/mol. The van der Waals surface area contributed by atoms with Gasteiger partial charge in [-0.3, -0.25) is 4.79 Å². The molecule has 1 aromatic rings. The molecule has 0 fully saturated rings.